The number of hydrogen-bond donors (Lipinski definition) is 6. The fourth-order valence-corrected chi connectivity index (χ4v) is 1.80. The Morgan fingerprint density at radius 2 is 0.864 bits per heavy atom. The van der Waals surface area contributed by atoms with Gasteiger partial charge in [-0.2, -0.15) is 0 Å². The number of carboxylic acid groups (broad SMARTS) is 3. The molecule has 10 heteroatoms. The van der Waals surface area contributed by atoms with Crippen molar-refractivity contribution in [1.82, 2.24) is 4.90 Å². The number of carboxylic acids is 3. The van der Waals surface area contributed by atoms with Crippen LogP contribution in [-0.4, -0.2) is 72.1 Å². The van der Waals surface area contributed by atoms with Gasteiger partial charge in [0.2, 0.25) is 0 Å². The van der Waals surface area contributed by atoms with E-state index in [0.29, 0.717) is 0 Å². The van der Waals surface area contributed by atoms with Gasteiger partial charge < -0.3 is 30.6 Å². The smallest absolute Gasteiger partial charge is 0.303 e. The van der Waals surface area contributed by atoms with Crippen molar-refractivity contribution in [3.05, 3.63) is 0 Å². The zero-order valence-corrected chi connectivity index (χ0v) is 11.8. The third-order valence-electron chi connectivity index (χ3n) is 2.88. The van der Waals surface area contributed by atoms with Gasteiger partial charge in [-0.1, -0.05) is 0 Å². The minimum Gasteiger partial charge on any atom is -0.481 e. The van der Waals surface area contributed by atoms with Gasteiger partial charge in [-0.15, -0.1) is 0 Å². The van der Waals surface area contributed by atoms with E-state index in [1.54, 1.807) is 0 Å². The van der Waals surface area contributed by atoms with Crippen molar-refractivity contribution in [2.45, 2.75) is 57.2 Å². The number of carbonyl (C=O) groups is 3. The minimum absolute atomic E-state index is 0.316. The summed E-state index contributed by atoms with van der Waals surface area (Å²) in [6.07, 6.45) is -6.91. The molecule has 3 atom stereocenters. The highest BCUT2D eigenvalue weighted by Gasteiger charge is 2.30. The molecule has 0 saturated carbocycles. The van der Waals surface area contributed by atoms with Gasteiger partial charge in [0.15, 0.2) is 0 Å². The Hall–Kier alpha value is -1.75. The molecular weight excluding hydrogens is 302 g/mol. The minimum atomic E-state index is -1.55. The topological polar surface area (TPSA) is 176 Å². The van der Waals surface area contributed by atoms with Crippen LogP contribution in [-0.2, 0) is 14.4 Å². The summed E-state index contributed by atoms with van der Waals surface area (Å²) in [5.74, 6) is -3.59. The molecule has 22 heavy (non-hydrogen) atoms. The average Bonchev–Trinajstić information content (AvgIpc) is 2.40. The van der Waals surface area contributed by atoms with E-state index < -0.39 is 55.9 Å². The maximum Gasteiger partial charge on any atom is 0.303 e. The monoisotopic (exact) mass is 323 g/mol. The van der Waals surface area contributed by atoms with Gasteiger partial charge in [0, 0.05) is 19.3 Å². The van der Waals surface area contributed by atoms with Crippen molar-refractivity contribution >= 4 is 17.9 Å². The number of hydrogen-bond acceptors (Lipinski definition) is 7. The Bertz CT molecular complexity index is 330. The highest BCUT2D eigenvalue weighted by molar-refractivity contribution is 5.67. The van der Waals surface area contributed by atoms with E-state index in [1.807, 2.05) is 0 Å². The second-order valence-electron chi connectivity index (χ2n) is 4.69. The summed E-state index contributed by atoms with van der Waals surface area (Å²) < 4.78 is 0. The van der Waals surface area contributed by atoms with E-state index in [4.69, 9.17) is 15.3 Å². The first-order valence-electron chi connectivity index (χ1n) is 6.62. The SMILES string of the molecule is O=C(O)CCC(O)N(C(O)CCC(=O)O)C(O)CCC(=O)O. The van der Waals surface area contributed by atoms with Gasteiger partial charge in [-0.05, 0) is 19.3 Å². The number of aliphatic hydroxyl groups excluding tert-OH is 3. The predicted molar refractivity (Wildman–Crippen MR) is 70.5 cm³/mol. The van der Waals surface area contributed by atoms with Crippen molar-refractivity contribution in [2.75, 3.05) is 0 Å². The molecule has 0 amide bonds. The molecule has 0 bridgehead atoms. The Morgan fingerprint density at radius 1 is 0.636 bits per heavy atom. The highest BCUT2D eigenvalue weighted by Crippen LogP contribution is 2.17. The van der Waals surface area contributed by atoms with Crippen LogP contribution in [0.5, 0.6) is 0 Å². The predicted octanol–water partition coefficient (Wildman–Crippen LogP) is -1.16. The Morgan fingerprint density at radius 3 is 1.05 bits per heavy atom. The van der Waals surface area contributed by atoms with E-state index in [-0.39, 0.29) is 19.3 Å². The lowest BCUT2D eigenvalue weighted by Crippen LogP contribution is -2.50. The number of rotatable bonds is 12. The highest BCUT2D eigenvalue weighted by atomic mass is 16.4. The molecule has 0 aliphatic carbocycles. The van der Waals surface area contributed by atoms with Crippen LogP contribution in [0.3, 0.4) is 0 Å². The van der Waals surface area contributed by atoms with Crippen molar-refractivity contribution in [3.8, 4) is 0 Å². The van der Waals surface area contributed by atoms with E-state index >= 15 is 0 Å². The van der Waals surface area contributed by atoms with E-state index in [9.17, 15) is 29.7 Å². The standard InChI is InChI=1S/C12H21NO9/c14-7(1-4-10(17)18)13(8(15)2-5-11(19)20)9(16)3-6-12(21)22/h7-9,14-16H,1-6H2,(H,17,18)(H,19,20)(H,21,22). The first-order valence-corrected chi connectivity index (χ1v) is 6.62. The van der Waals surface area contributed by atoms with Gasteiger partial charge >= 0.3 is 17.9 Å². The molecule has 0 spiro atoms. The van der Waals surface area contributed by atoms with Crippen molar-refractivity contribution in [3.63, 3.8) is 0 Å². The van der Waals surface area contributed by atoms with Crippen LogP contribution in [0.2, 0.25) is 0 Å². The second-order valence-corrected chi connectivity index (χ2v) is 4.69. The van der Waals surface area contributed by atoms with E-state index in [1.165, 1.54) is 0 Å². The van der Waals surface area contributed by atoms with Gasteiger partial charge in [0.05, 0.1) is 0 Å². The maximum absolute atomic E-state index is 10.5. The Balaban J connectivity index is 4.81. The van der Waals surface area contributed by atoms with Gasteiger partial charge in [-0.25, -0.2) is 4.90 Å². The zero-order valence-electron chi connectivity index (χ0n) is 11.8. The van der Waals surface area contributed by atoms with Gasteiger partial charge in [0.25, 0.3) is 0 Å². The lowest BCUT2D eigenvalue weighted by atomic mass is 10.1. The van der Waals surface area contributed by atoms with E-state index in [0.717, 1.165) is 4.90 Å². The van der Waals surface area contributed by atoms with Crippen molar-refractivity contribution in [1.29, 1.82) is 0 Å². The van der Waals surface area contributed by atoms with Gasteiger partial charge in [-0.3, -0.25) is 14.4 Å². The van der Waals surface area contributed by atoms with Crippen LogP contribution in [0.1, 0.15) is 38.5 Å². The van der Waals surface area contributed by atoms with Crippen LogP contribution in [0.15, 0.2) is 0 Å². The average molecular weight is 323 g/mol. The quantitative estimate of drug-likeness (QED) is 0.240. The van der Waals surface area contributed by atoms with Crippen LogP contribution in [0.4, 0.5) is 0 Å². The largest absolute Gasteiger partial charge is 0.481 e. The summed E-state index contributed by atoms with van der Waals surface area (Å²) in [5.41, 5.74) is 0. The molecule has 6 N–H and O–H groups in total. The van der Waals surface area contributed by atoms with E-state index in [2.05, 4.69) is 0 Å². The molecule has 0 aliphatic heterocycles. The van der Waals surface area contributed by atoms with Crippen molar-refractivity contribution < 1.29 is 45.0 Å². The van der Waals surface area contributed by atoms with Crippen molar-refractivity contribution in [2.24, 2.45) is 0 Å². The number of aliphatic carboxylic acids is 3. The normalized spacial score (nSPS) is 15.3. The van der Waals surface area contributed by atoms with Crippen LogP contribution < -0.4 is 0 Å². The molecule has 3 unspecified atom stereocenters. The molecular formula is C12H21NO9. The lowest BCUT2D eigenvalue weighted by Gasteiger charge is -2.35. The number of nitrogens with zero attached hydrogens (tertiary/aromatic N) is 1. The lowest BCUT2D eigenvalue weighted by molar-refractivity contribution is -0.188. The molecule has 0 saturated heterocycles. The molecule has 0 aromatic heterocycles. The first kappa shape index (κ1) is 20.2. The summed E-state index contributed by atoms with van der Waals surface area (Å²) in [7, 11) is 0. The fourth-order valence-electron chi connectivity index (χ4n) is 1.80. The third kappa shape index (κ3) is 8.52. The first-order chi connectivity index (χ1) is 10.1. The summed E-state index contributed by atoms with van der Waals surface area (Å²) >= 11 is 0. The summed E-state index contributed by atoms with van der Waals surface area (Å²) in [6.45, 7) is 0. The van der Waals surface area contributed by atoms with Crippen LogP contribution >= 0.6 is 0 Å². The molecule has 0 aromatic rings. The second kappa shape index (κ2) is 10.1. The summed E-state index contributed by atoms with van der Waals surface area (Å²) in [4.78, 5) is 32.2. The molecule has 0 heterocycles. The van der Waals surface area contributed by atoms with Crippen LogP contribution in [0.25, 0.3) is 0 Å². The number of aliphatic hydroxyl groups is 3. The molecule has 0 aromatic carbocycles. The third-order valence-corrected chi connectivity index (χ3v) is 2.88. The fraction of sp³-hybridized carbons (Fsp3) is 0.750. The molecule has 0 radical (unpaired) electrons. The molecule has 10 nitrogen and oxygen atoms in total. The molecule has 128 valence electrons. The molecule has 0 fully saturated rings. The summed E-state index contributed by atoms with van der Waals surface area (Å²) in [6, 6.07) is 0. The van der Waals surface area contributed by atoms with Crippen LogP contribution in [0, 0.1) is 0 Å². The van der Waals surface area contributed by atoms with Gasteiger partial charge in [0.1, 0.15) is 18.7 Å². The maximum atomic E-state index is 10.5. The zero-order chi connectivity index (χ0) is 17.3. The molecule has 0 aliphatic rings. The Kier molecular flexibility index (Phi) is 9.26. The molecule has 0 rings (SSSR count). The Labute approximate surface area is 126 Å². The summed E-state index contributed by atoms with van der Waals surface area (Å²) in [5, 5.41) is 55.3.